The number of amides is 1. The van der Waals surface area contributed by atoms with E-state index in [1.54, 1.807) is 0 Å². The molecule has 7 heteroatoms. The molecule has 0 aliphatic carbocycles. The molecular weight excluding hydrogens is 348 g/mol. The van der Waals surface area contributed by atoms with Crippen molar-refractivity contribution in [2.24, 2.45) is 5.73 Å². The molecule has 0 saturated heterocycles. The average Bonchev–Trinajstić information content (AvgIpc) is 3.02. The summed E-state index contributed by atoms with van der Waals surface area (Å²) in [4.78, 5) is 11.1. The zero-order valence-corrected chi connectivity index (χ0v) is 15.3. The molecule has 0 spiro atoms. The number of carbonyl (C=O) groups excluding carboxylic acids is 1. The van der Waals surface area contributed by atoms with Crippen LogP contribution >= 0.6 is 11.8 Å². The van der Waals surface area contributed by atoms with E-state index in [2.05, 4.69) is 10.2 Å². The highest BCUT2D eigenvalue weighted by Crippen LogP contribution is 2.21. The fourth-order valence-corrected chi connectivity index (χ4v) is 3.15. The molecule has 0 aliphatic rings. The number of hydrogen-bond donors (Lipinski definition) is 1. The van der Waals surface area contributed by atoms with Gasteiger partial charge in [-0.25, -0.2) is 0 Å². The first-order valence-corrected chi connectivity index (χ1v) is 9.17. The van der Waals surface area contributed by atoms with Gasteiger partial charge in [-0.3, -0.25) is 9.36 Å². The van der Waals surface area contributed by atoms with E-state index >= 15 is 0 Å². The van der Waals surface area contributed by atoms with Crippen LogP contribution in [0.3, 0.4) is 0 Å². The third-order valence-corrected chi connectivity index (χ3v) is 4.76. The van der Waals surface area contributed by atoms with Crippen molar-refractivity contribution in [3.8, 4) is 5.75 Å². The molecule has 0 radical (unpaired) electrons. The first kappa shape index (κ1) is 18.0. The zero-order chi connectivity index (χ0) is 18.4. The number of aromatic nitrogens is 3. The lowest BCUT2D eigenvalue weighted by Gasteiger charge is -2.12. The second-order valence-electron chi connectivity index (χ2n) is 5.78. The molecule has 26 heavy (non-hydrogen) atoms. The topological polar surface area (TPSA) is 83.0 Å². The van der Waals surface area contributed by atoms with Crippen molar-refractivity contribution in [1.82, 2.24) is 14.8 Å². The normalized spacial score (nSPS) is 10.7. The highest BCUT2D eigenvalue weighted by molar-refractivity contribution is 7.99. The lowest BCUT2D eigenvalue weighted by molar-refractivity contribution is -0.115. The van der Waals surface area contributed by atoms with Gasteiger partial charge in [-0.2, -0.15) is 0 Å². The van der Waals surface area contributed by atoms with Crippen LogP contribution in [0.4, 0.5) is 0 Å². The number of primary amides is 1. The van der Waals surface area contributed by atoms with Gasteiger partial charge in [0.05, 0.1) is 12.3 Å². The number of nitrogens with zero attached hydrogens (tertiary/aromatic N) is 3. The molecule has 2 aromatic carbocycles. The Hall–Kier alpha value is -2.80. The van der Waals surface area contributed by atoms with Gasteiger partial charge in [-0.05, 0) is 24.1 Å². The Kier molecular flexibility index (Phi) is 5.91. The molecule has 2 N–H and O–H groups in total. The van der Waals surface area contributed by atoms with Gasteiger partial charge in [0.15, 0.2) is 11.0 Å². The Bertz CT molecular complexity index is 880. The molecule has 6 nitrogen and oxygen atoms in total. The predicted molar refractivity (Wildman–Crippen MR) is 101 cm³/mol. The summed E-state index contributed by atoms with van der Waals surface area (Å²) in [6, 6.07) is 17.8. The standard InChI is InChI=1S/C19H20N4O2S/c1-14-7-5-6-10-16(14)25-12-18-21-22-19(26-13-17(20)24)23(18)11-15-8-3-2-4-9-15/h2-10H,11-13H2,1H3,(H2,20,24). The van der Waals surface area contributed by atoms with E-state index in [1.807, 2.05) is 66.1 Å². The Morgan fingerprint density at radius 3 is 2.58 bits per heavy atom. The maximum absolute atomic E-state index is 11.1. The molecule has 0 bridgehead atoms. The number of thioether (sulfide) groups is 1. The van der Waals surface area contributed by atoms with Gasteiger partial charge in [0, 0.05) is 0 Å². The molecule has 1 amide bonds. The van der Waals surface area contributed by atoms with E-state index in [4.69, 9.17) is 10.5 Å². The maximum Gasteiger partial charge on any atom is 0.227 e. The number of nitrogens with two attached hydrogens (primary N) is 1. The summed E-state index contributed by atoms with van der Waals surface area (Å²) in [5.74, 6) is 1.28. The number of rotatable bonds is 8. The molecule has 0 unspecified atom stereocenters. The summed E-state index contributed by atoms with van der Waals surface area (Å²) in [6.45, 7) is 2.89. The minimum absolute atomic E-state index is 0.158. The van der Waals surface area contributed by atoms with E-state index in [-0.39, 0.29) is 11.7 Å². The third-order valence-electron chi connectivity index (χ3n) is 3.77. The van der Waals surface area contributed by atoms with Crippen LogP contribution in [0.2, 0.25) is 0 Å². The Morgan fingerprint density at radius 2 is 1.85 bits per heavy atom. The summed E-state index contributed by atoms with van der Waals surface area (Å²) in [5, 5.41) is 9.11. The number of carbonyl (C=O) groups is 1. The van der Waals surface area contributed by atoms with Crippen molar-refractivity contribution in [2.45, 2.75) is 25.2 Å². The van der Waals surface area contributed by atoms with E-state index in [9.17, 15) is 4.79 Å². The van der Waals surface area contributed by atoms with E-state index in [0.29, 0.717) is 24.1 Å². The molecule has 1 aromatic heterocycles. The van der Waals surface area contributed by atoms with Gasteiger partial charge in [0.25, 0.3) is 0 Å². The number of benzene rings is 2. The fourth-order valence-electron chi connectivity index (χ4n) is 2.45. The van der Waals surface area contributed by atoms with Crippen molar-refractivity contribution >= 4 is 17.7 Å². The Balaban J connectivity index is 1.81. The number of ether oxygens (including phenoxy) is 1. The van der Waals surface area contributed by atoms with Crippen LogP contribution in [0, 0.1) is 6.92 Å². The monoisotopic (exact) mass is 368 g/mol. The summed E-state index contributed by atoms with van der Waals surface area (Å²) < 4.78 is 7.88. The van der Waals surface area contributed by atoms with Gasteiger partial charge >= 0.3 is 0 Å². The number of aryl methyl sites for hydroxylation is 1. The summed E-state index contributed by atoms with van der Waals surface area (Å²) in [6.07, 6.45) is 0. The molecule has 0 saturated carbocycles. The molecule has 134 valence electrons. The maximum atomic E-state index is 11.1. The van der Waals surface area contributed by atoms with Crippen LogP contribution in [0.25, 0.3) is 0 Å². The Labute approximate surface area is 156 Å². The highest BCUT2D eigenvalue weighted by atomic mass is 32.2. The lowest BCUT2D eigenvalue weighted by atomic mass is 10.2. The quantitative estimate of drug-likeness (QED) is 0.618. The molecule has 0 aliphatic heterocycles. The fraction of sp³-hybridized carbons (Fsp3) is 0.211. The minimum Gasteiger partial charge on any atom is -0.485 e. The zero-order valence-electron chi connectivity index (χ0n) is 14.5. The Morgan fingerprint density at radius 1 is 1.12 bits per heavy atom. The largest absolute Gasteiger partial charge is 0.485 e. The number of para-hydroxylation sites is 1. The smallest absolute Gasteiger partial charge is 0.227 e. The van der Waals surface area contributed by atoms with Gasteiger partial charge < -0.3 is 10.5 Å². The van der Waals surface area contributed by atoms with E-state index < -0.39 is 0 Å². The molecule has 0 atom stereocenters. The SMILES string of the molecule is Cc1ccccc1OCc1nnc(SCC(N)=O)n1Cc1ccccc1. The van der Waals surface area contributed by atoms with Gasteiger partial charge in [0.2, 0.25) is 5.91 Å². The van der Waals surface area contributed by atoms with Crippen molar-refractivity contribution in [3.05, 3.63) is 71.5 Å². The van der Waals surface area contributed by atoms with Crippen molar-refractivity contribution < 1.29 is 9.53 Å². The van der Waals surface area contributed by atoms with Gasteiger partial charge in [-0.15, -0.1) is 10.2 Å². The first-order valence-electron chi connectivity index (χ1n) is 8.19. The van der Waals surface area contributed by atoms with Crippen LogP contribution in [-0.2, 0) is 17.9 Å². The van der Waals surface area contributed by atoms with Crippen LogP contribution in [0.1, 0.15) is 17.0 Å². The molecule has 1 heterocycles. The molecule has 3 aromatic rings. The third kappa shape index (κ3) is 4.64. The van der Waals surface area contributed by atoms with Crippen molar-refractivity contribution in [1.29, 1.82) is 0 Å². The second kappa shape index (κ2) is 8.53. The van der Waals surface area contributed by atoms with Crippen LogP contribution in [-0.4, -0.2) is 26.4 Å². The summed E-state index contributed by atoms with van der Waals surface area (Å²) >= 11 is 1.28. The van der Waals surface area contributed by atoms with E-state index in [0.717, 1.165) is 16.9 Å². The molecule has 0 fully saturated rings. The highest BCUT2D eigenvalue weighted by Gasteiger charge is 2.15. The molecular formula is C19H20N4O2S. The van der Waals surface area contributed by atoms with Crippen LogP contribution < -0.4 is 10.5 Å². The average molecular weight is 368 g/mol. The van der Waals surface area contributed by atoms with Crippen molar-refractivity contribution in [2.75, 3.05) is 5.75 Å². The number of hydrogen-bond acceptors (Lipinski definition) is 5. The van der Waals surface area contributed by atoms with Crippen LogP contribution in [0.15, 0.2) is 59.8 Å². The predicted octanol–water partition coefficient (Wildman–Crippen LogP) is 2.79. The summed E-state index contributed by atoms with van der Waals surface area (Å²) in [5.41, 5.74) is 7.44. The molecule has 3 rings (SSSR count). The van der Waals surface area contributed by atoms with Gasteiger partial charge in [-0.1, -0.05) is 60.3 Å². The lowest BCUT2D eigenvalue weighted by Crippen LogP contribution is -2.14. The first-order chi connectivity index (χ1) is 12.6. The van der Waals surface area contributed by atoms with E-state index in [1.165, 1.54) is 11.8 Å². The second-order valence-corrected chi connectivity index (χ2v) is 6.72. The minimum atomic E-state index is -0.387. The summed E-state index contributed by atoms with van der Waals surface area (Å²) in [7, 11) is 0. The van der Waals surface area contributed by atoms with Crippen molar-refractivity contribution in [3.63, 3.8) is 0 Å². The van der Waals surface area contributed by atoms with Crippen LogP contribution in [0.5, 0.6) is 5.75 Å². The van der Waals surface area contributed by atoms with Gasteiger partial charge in [0.1, 0.15) is 12.4 Å².